The third-order valence-electron chi connectivity index (χ3n) is 3.99. The minimum absolute atomic E-state index is 0. The Labute approximate surface area is 165 Å². The van der Waals surface area contributed by atoms with Crippen LogP contribution >= 0.6 is 36.4 Å². The number of nitrogens with one attached hydrogen (secondary N) is 1. The summed E-state index contributed by atoms with van der Waals surface area (Å²) in [7, 11) is 0. The summed E-state index contributed by atoms with van der Waals surface area (Å²) in [6, 6.07) is 2.60. The van der Waals surface area contributed by atoms with Crippen molar-refractivity contribution in [2.45, 2.75) is 31.2 Å². The summed E-state index contributed by atoms with van der Waals surface area (Å²) in [5.74, 6) is 0. The van der Waals surface area contributed by atoms with Gasteiger partial charge in [0.1, 0.15) is 0 Å². The molecule has 0 bridgehead atoms. The number of piperazine rings is 1. The summed E-state index contributed by atoms with van der Waals surface area (Å²) >= 11 is 5.91. The molecule has 26 heavy (non-hydrogen) atoms. The molecule has 1 aromatic rings. The Bertz CT molecular complexity index is 559. The summed E-state index contributed by atoms with van der Waals surface area (Å²) in [5, 5.41) is 2.55. The molecule has 11 heteroatoms. The van der Waals surface area contributed by atoms with Gasteiger partial charge in [-0.3, -0.25) is 4.90 Å². The molecule has 0 saturated carbocycles. The van der Waals surface area contributed by atoms with Gasteiger partial charge in [0.15, 0.2) is 0 Å². The molecule has 0 unspecified atom stereocenters. The van der Waals surface area contributed by atoms with E-state index in [9.17, 15) is 26.3 Å². The molecule has 1 atom stereocenters. The maximum Gasteiger partial charge on any atom is 0.417 e. The molecular formula is C15H19Cl3F6N2. The van der Waals surface area contributed by atoms with Crippen LogP contribution in [0.25, 0.3) is 0 Å². The summed E-state index contributed by atoms with van der Waals surface area (Å²) in [5.41, 5.74) is -0.925. The third kappa shape index (κ3) is 6.96. The molecule has 0 radical (unpaired) electrons. The first-order chi connectivity index (χ1) is 11.1. The zero-order chi connectivity index (χ0) is 18.0. The minimum Gasteiger partial charge on any atom is -0.314 e. The van der Waals surface area contributed by atoms with Crippen LogP contribution in [-0.4, -0.2) is 37.3 Å². The van der Waals surface area contributed by atoms with E-state index in [2.05, 4.69) is 5.32 Å². The van der Waals surface area contributed by atoms with Crippen LogP contribution < -0.4 is 5.32 Å². The van der Waals surface area contributed by atoms with Crippen molar-refractivity contribution < 1.29 is 26.3 Å². The van der Waals surface area contributed by atoms with Crippen LogP contribution in [0.3, 0.4) is 0 Å². The van der Waals surface area contributed by atoms with Crippen molar-refractivity contribution in [3.63, 3.8) is 0 Å². The lowest BCUT2D eigenvalue weighted by Crippen LogP contribution is -2.45. The standard InChI is InChI=1S/C15H17ClF6N2.2ClH/c16-13-10(2-1-3-11(13)15(20,21)22)12(4-5-14(17,18)19)24-8-6-23-7-9-24;;/h1-3,12,23H,4-9H2;2*1H/t12-;;/m1../s1. The monoisotopic (exact) mass is 446 g/mol. The fourth-order valence-electron chi connectivity index (χ4n) is 2.86. The molecule has 152 valence electrons. The SMILES string of the molecule is Cl.Cl.FC(F)(F)CC[C@H](c1cccc(C(F)(F)F)c1Cl)N1CCNCC1. The van der Waals surface area contributed by atoms with Gasteiger partial charge in [0, 0.05) is 38.6 Å². The van der Waals surface area contributed by atoms with E-state index >= 15 is 0 Å². The van der Waals surface area contributed by atoms with E-state index in [0.29, 0.717) is 26.2 Å². The van der Waals surface area contributed by atoms with Crippen molar-refractivity contribution in [2.75, 3.05) is 26.2 Å². The summed E-state index contributed by atoms with van der Waals surface area (Å²) in [6.07, 6.45) is -10.4. The lowest BCUT2D eigenvalue weighted by molar-refractivity contribution is -0.139. The molecule has 1 aliphatic rings. The number of hydrogen-bond acceptors (Lipinski definition) is 2. The summed E-state index contributed by atoms with van der Waals surface area (Å²) in [6.45, 7) is 2.04. The van der Waals surface area contributed by atoms with Gasteiger partial charge in [-0.1, -0.05) is 23.7 Å². The molecule has 1 fully saturated rings. The van der Waals surface area contributed by atoms with Gasteiger partial charge in [-0.2, -0.15) is 26.3 Å². The fraction of sp³-hybridized carbons (Fsp3) is 0.600. The van der Waals surface area contributed by atoms with Crippen molar-refractivity contribution in [3.8, 4) is 0 Å². The van der Waals surface area contributed by atoms with Gasteiger partial charge < -0.3 is 5.32 Å². The quantitative estimate of drug-likeness (QED) is 0.614. The first-order valence-electron chi connectivity index (χ1n) is 7.47. The highest BCUT2D eigenvalue weighted by Crippen LogP contribution is 2.41. The number of nitrogens with zero attached hydrogens (tertiary/aromatic N) is 1. The lowest BCUT2D eigenvalue weighted by atomic mass is 9.97. The van der Waals surface area contributed by atoms with E-state index in [1.807, 2.05) is 0 Å². The molecule has 2 nitrogen and oxygen atoms in total. The largest absolute Gasteiger partial charge is 0.417 e. The predicted molar refractivity (Wildman–Crippen MR) is 93.4 cm³/mol. The molecule has 1 saturated heterocycles. The highest BCUT2D eigenvalue weighted by atomic mass is 35.5. The number of alkyl halides is 6. The van der Waals surface area contributed by atoms with Crippen molar-refractivity contribution in [1.29, 1.82) is 0 Å². The highest BCUT2D eigenvalue weighted by molar-refractivity contribution is 6.32. The Morgan fingerprint density at radius 1 is 1.04 bits per heavy atom. The number of rotatable bonds is 4. The Kier molecular flexibility index (Phi) is 10.1. The van der Waals surface area contributed by atoms with Gasteiger partial charge in [-0.15, -0.1) is 24.8 Å². The molecule has 1 heterocycles. The zero-order valence-electron chi connectivity index (χ0n) is 13.5. The summed E-state index contributed by atoms with van der Waals surface area (Å²) in [4.78, 5) is 1.75. The molecule has 0 spiro atoms. The van der Waals surface area contributed by atoms with Gasteiger partial charge in [0.05, 0.1) is 10.6 Å². The van der Waals surface area contributed by atoms with E-state index in [0.717, 1.165) is 6.07 Å². The molecule has 0 amide bonds. The van der Waals surface area contributed by atoms with Crippen molar-refractivity contribution >= 4 is 36.4 Å². The molecular weight excluding hydrogens is 429 g/mol. The highest BCUT2D eigenvalue weighted by Gasteiger charge is 2.37. The van der Waals surface area contributed by atoms with Gasteiger partial charge in [-0.25, -0.2) is 0 Å². The van der Waals surface area contributed by atoms with Crippen LogP contribution in [0, 0.1) is 0 Å². The molecule has 0 aromatic heterocycles. The molecule has 1 aromatic carbocycles. The second-order valence-electron chi connectivity index (χ2n) is 5.66. The normalized spacial score (nSPS) is 17.2. The Morgan fingerprint density at radius 2 is 1.62 bits per heavy atom. The van der Waals surface area contributed by atoms with Crippen LogP contribution in [0.1, 0.15) is 30.0 Å². The zero-order valence-corrected chi connectivity index (χ0v) is 15.9. The van der Waals surface area contributed by atoms with Crippen LogP contribution in [0.2, 0.25) is 5.02 Å². The van der Waals surface area contributed by atoms with Gasteiger partial charge >= 0.3 is 12.4 Å². The maximum absolute atomic E-state index is 13.0. The minimum atomic E-state index is -4.65. The molecule has 1 N–H and O–H groups in total. The number of halogens is 9. The second-order valence-corrected chi connectivity index (χ2v) is 6.04. The van der Waals surface area contributed by atoms with Crippen LogP contribution in [-0.2, 0) is 6.18 Å². The van der Waals surface area contributed by atoms with E-state index < -0.39 is 35.4 Å². The van der Waals surface area contributed by atoms with Gasteiger partial charge in [0.25, 0.3) is 0 Å². The average molecular weight is 448 g/mol. The Hall–Kier alpha value is -0.410. The number of benzene rings is 1. The van der Waals surface area contributed by atoms with Crippen molar-refractivity contribution in [3.05, 3.63) is 34.3 Å². The van der Waals surface area contributed by atoms with E-state index in [-0.39, 0.29) is 36.8 Å². The van der Waals surface area contributed by atoms with E-state index in [1.165, 1.54) is 12.1 Å². The molecule has 1 aliphatic heterocycles. The van der Waals surface area contributed by atoms with Crippen LogP contribution in [0.15, 0.2) is 18.2 Å². The van der Waals surface area contributed by atoms with E-state index in [4.69, 9.17) is 11.6 Å². The first-order valence-corrected chi connectivity index (χ1v) is 7.84. The third-order valence-corrected chi connectivity index (χ3v) is 4.41. The van der Waals surface area contributed by atoms with Crippen molar-refractivity contribution in [1.82, 2.24) is 10.2 Å². The van der Waals surface area contributed by atoms with Crippen LogP contribution in [0.4, 0.5) is 26.3 Å². The fourth-order valence-corrected chi connectivity index (χ4v) is 3.21. The smallest absolute Gasteiger partial charge is 0.314 e. The first kappa shape index (κ1) is 25.6. The maximum atomic E-state index is 13.0. The van der Waals surface area contributed by atoms with Gasteiger partial charge in [-0.05, 0) is 18.1 Å². The molecule has 0 aliphatic carbocycles. The molecule has 2 rings (SSSR count). The number of hydrogen-bond donors (Lipinski definition) is 1. The van der Waals surface area contributed by atoms with E-state index in [1.54, 1.807) is 4.90 Å². The lowest BCUT2D eigenvalue weighted by Gasteiger charge is -2.36. The second kappa shape index (κ2) is 10.2. The Balaban J connectivity index is 0.00000312. The van der Waals surface area contributed by atoms with Crippen molar-refractivity contribution in [2.24, 2.45) is 0 Å². The topological polar surface area (TPSA) is 15.3 Å². The van der Waals surface area contributed by atoms with Gasteiger partial charge in [0.2, 0.25) is 0 Å². The Morgan fingerprint density at radius 3 is 2.12 bits per heavy atom. The predicted octanol–water partition coefficient (Wildman–Crippen LogP) is 5.49. The summed E-state index contributed by atoms with van der Waals surface area (Å²) < 4.78 is 76.9. The van der Waals surface area contributed by atoms with Crippen LogP contribution in [0.5, 0.6) is 0 Å². The average Bonchev–Trinajstić information content (AvgIpc) is 2.48.